The Morgan fingerprint density at radius 2 is 2.07 bits per heavy atom. The summed E-state index contributed by atoms with van der Waals surface area (Å²) < 4.78 is 11.9. The van der Waals surface area contributed by atoms with E-state index < -0.39 is 11.7 Å². The average molecular weight is 214 g/mol. The number of methoxy groups -OCH3 is 2. The number of hydrogen-bond donors (Lipinski definition) is 1. The van der Waals surface area contributed by atoms with E-state index in [4.69, 9.17) is 9.47 Å². The summed E-state index contributed by atoms with van der Waals surface area (Å²) in [5.74, 6) is 0.565. The second-order valence-corrected chi connectivity index (χ2v) is 3.93. The van der Waals surface area contributed by atoms with Crippen molar-refractivity contribution in [3.8, 4) is 5.75 Å². The monoisotopic (exact) mass is 214 g/mol. The maximum atomic E-state index is 10.2. The van der Waals surface area contributed by atoms with Crippen molar-refractivity contribution in [1.82, 2.24) is 9.78 Å². The van der Waals surface area contributed by atoms with Crippen molar-refractivity contribution >= 4 is 0 Å². The van der Waals surface area contributed by atoms with Gasteiger partial charge in [0, 0.05) is 14.2 Å². The van der Waals surface area contributed by atoms with Crippen LogP contribution in [0.3, 0.4) is 0 Å². The molecule has 1 heterocycles. The number of nitrogens with zero attached hydrogens (tertiary/aromatic N) is 2. The van der Waals surface area contributed by atoms with Crippen LogP contribution in [0.15, 0.2) is 6.20 Å². The summed E-state index contributed by atoms with van der Waals surface area (Å²) in [7, 11) is 4.87. The molecule has 1 unspecified atom stereocenters. The number of aromatic nitrogens is 2. The maximum Gasteiger partial charge on any atom is 0.162 e. The molecule has 1 atom stereocenters. The number of hydrogen-bond acceptors (Lipinski definition) is 4. The summed E-state index contributed by atoms with van der Waals surface area (Å²) in [5.41, 5.74) is -0.0644. The van der Waals surface area contributed by atoms with Crippen LogP contribution >= 0.6 is 0 Å². The molecule has 0 bridgehead atoms. The molecule has 0 aromatic carbocycles. The Labute approximate surface area is 89.6 Å². The van der Waals surface area contributed by atoms with Crippen LogP contribution in [0.2, 0.25) is 0 Å². The van der Waals surface area contributed by atoms with Gasteiger partial charge >= 0.3 is 0 Å². The van der Waals surface area contributed by atoms with Crippen LogP contribution < -0.4 is 4.74 Å². The van der Waals surface area contributed by atoms with Crippen LogP contribution in [0, 0.1) is 0 Å². The summed E-state index contributed by atoms with van der Waals surface area (Å²) in [5, 5.41) is 14.2. The molecule has 0 aliphatic carbocycles. The zero-order valence-corrected chi connectivity index (χ0v) is 9.81. The third kappa shape index (κ3) is 2.13. The third-order valence-electron chi connectivity index (χ3n) is 2.61. The minimum absolute atomic E-state index is 0.565. The first-order valence-electron chi connectivity index (χ1n) is 4.73. The first-order chi connectivity index (χ1) is 6.94. The number of aryl methyl sites for hydroxylation is 1. The average Bonchev–Trinajstić information content (AvgIpc) is 2.58. The lowest BCUT2D eigenvalue weighted by molar-refractivity contribution is -0.0830. The van der Waals surface area contributed by atoms with E-state index in [-0.39, 0.29) is 0 Å². The van der Waals surface area contributed by atoms with Crippen molar-refractivity contribution < 1.29 is 14.6 Å². The molecule has 0 aliphatic heterocycles. The zero-order valence-electron chi connectivity index (χ0n) is 9.81. The standard InChI is InChI=1S/C10H18N2O3/c1-10(2,15-5)9(13)8-7(14-4)6-11-12(8)3/h6,9,13H,1-5H3. The van der Waals surface area contributed by atoms with Crippen molar-refractivity contribution in [2.75, 3.05) is 14.2 Å². The number of aliphatic hydroxyl groups is 1. The first kappa shape index (κ1) is 12.0. The Morgan fingerprint density at radius 1 is 1.47 bits per heavy atom. The van der Waals surface area contributed by atoms with E-state index in [0.717, 1.165) is 0 Å². The Hall–Kier alpha value is -1.07. The highest BCUT2D eigenvalue weighted by Crippen LogP contribution is 2.33. The Morgan fingerprint density at radius 3 is 2.53 bits per heavy atom. The third-order valence-corrected chi connectivity index (χ3v) is 2.61. The summed E-state index contributed by atoms with van der Waals surface area (Å²) in [6.45, 7) is 3.62. The summed E-state index contributed by atoms with van der Waals surface area (Å²) in [4.78, 5) is 0. The minimum Gasteiger partial charge on any atom is -0.493 e. The van der Waals surface area contributed by atoms with Gasteiger partial charge in [-0.25, -0.2) is 0 Å². The summed E-state index contributed by atoms with van der Waals surface area (Å²) in [6, 6.07) is 0. The number of ether oxygens (including phenoxy) is 2. The number of aliphatic hydroxyl groups excluding tert-OH is 1. The summed E-state index contributed by atoms with van der Waals surface area (Å²) >= 11 is 0. The van der Waals surface area contributed by atoms with Crippen LogP contribution in [0.25, 0.3) is 0 Å². The molecule has 86 valence electrons. The molecule has 5 nitrogen and oxygen atoms in total. The van der Waals surface area contributed by atoms with Crippen LogP contribution in [-0.4, -0.2) is 34.7 Å². The summed E-state index contributed by atoms with van der Waals surface area (Å²) in [6.07, 6.45) is 0.787. The van der Waals surface area contributed by atoms with E-state index in [0.29, 0.717) is 11.4 Å². The highest BCUT2D eigenvalue weighted by molar-refractivity contribution is 5.28. The number of rotatable bonds is 4. The van der Waals surface area contributed by atoms with Gasteiger partial charge in [0.15, 0.2) is 5.75 Å². The topological polar surface area (TPSA) is 56.5 Å². The van der Waals surface area contributed by atoms with Crippen LogP contribution in [0.5, 0.6) is 5.75 Å². The molecular weight excluding hydrogens is 196 g/mol. The quantitative estimate of drug-likeness (QED) is 0.808. The van der Waals surface area contributed by atoms with E-state index in [9.17, 15) is 5.11 Å². The molecule has 1 N–H and O–H groups in total. The lowest BCUT2D eigenvalue weighted by Gasteiger charge is -2.29. The van der Waals surface area contributed by atoms with Crippen LogP contribution in [-0.2, 0) is 11.8 Å². The van der Waals surface area contributed by atoms with Crippen molar-refractivity contribution in [2.24, 2.45) is 7.05 Å². The van der Waals surface area contributed by atoms with E-state index >= 15 is 0 Å². The lowest BCUT2D eigenvalue weighted by atomic mass is 9.98. The van der Waals surface area contributed by atoms with Crippen molar-refractivity contribution in [3.05, 3.63) is 11.9 Å². The molecule has 5 heteroatoms. The Balaban J connectivity index is 3.09. The first-order valence-corrected chi connectivity index (χ1v) is 4.73. The fourth-order valence-electron chi connectivity index (χ4n) is 1.34. The van der Waals surface area contributed by atoms with Crippen LogP contribution in [0.1, 0.15) is 25.6 Å². The Kier molecular flexibility index (Phi) is 3.36. The molecule has 0 radical (unpaired) electrons. The SMILES string of the molecule is COc1cnn(C)c1C(O)C(C)(C)OC. The fourth-order valence-corrected chi connectivity index (χ4v) is 1.34. The minimum atomic E-state index is -0.787. The van der Waals surface area contributed by atoms with Crippen LogP contribution in [0.4, 0.5) is 0 Å². The molecule has 0 aliphatic rings. The second kappa shape index (κ2) is 4.20. The molecule has 15 heavy (non-hydrogen) atoms. The fraction of sp³-hybridized carbons (Fsp3) is 0.700. The van der Waals surface area contributed by atoms with Crippen molar-refractivity contribution in [1.29, 1.82) is 0 Å². The lowest BCUT2D eigenvalue weighted by Crippen LogP contribution is -2.32. The van der Waals surface area contributed by atoms with Crippen molar-refractivity contribution in [2.45, 2.75) is 25.6 Å². The van der Waals surface area contributed by atoms with Gasteiger partial charge in [0.1, 0.15) is 11.8 Å². The zero-order chi connectivity index (χ0) is 11.6. The van der Waals surface area contributed by atoms with Gasteiger partial charge in [-0.05, 0) is 13.8 Å². The molecule has 0 fully saturated rings. The van der Waals surface area contributed by atoms with Gasteiger partial charge in [0.05, 0.1) is 18.9 Å². The highest BCUT2D eigenvalue weighted by Gasteiger charge is 2.33. The van der Waals surface area contributed by atoms with Gasteiger partial charge in [-0.3, -0.25) is 4.68 Å². The van der Waals surface area contributed by atoms with Gasteiger partial charge in [-0.1, -0.05) is 0 Å². The van der Waals surface area contributed by atoms with Gasteiger partial charge in [0.2, 0.25) is 0 Å². The molecule has 1 aromatic rings. The molecule has 0 amide bonds. The molecule has 0 saturated heterocycles. The van der Waals surface area contributed by atoms with Crippen molar-refractivity contribution in [3.63, 3.8) is 0 Å². The van der Waals surface area contributed by atoms with E-state index in [1.807, 2.05) is 13.8 Å². The highest BCUT2D eigenvalue weighted by atomic mass is 16.5. The maximum absolute atomic E-state index is 10.2. The molecule has 1 aromatic heterocycles. The van der Waals surface area contributed by atoms with E-state index in [2.05, 4.69) is 5.10 Å². The predicted octanol–water partition coefficient (Wildman–Crippen LogP) is 0.887. The van der Waals surface area contributed by atoms with Gasteiger partial charge in [-0.15, -0.1) is 0 Å². The van der Waals surface area contributed by atoms with E-state index in [1.165, 1.54) is 0 Å². The largest absolute Gasteiger partial charge is 0.493 e. The van der Waals surface area contributed by atoms with Gasteiger partial charge in [0.25, 0.3) is 0 Å². The molecular formula is C10H18N2O3. The molecule has 0 spiro atoms. The predicted molar refractivity (Wildman–Crippen MR) is 55.8 cm³/mol. The normalized spacial score (nSPS) is 14.0. The smallest absolute Gasteiger partial charge is 0.162 e. The van der Waals surface area contributed by atoms with Gasteiger partial charge in [-0.2, -0.15) is 5.10 Å². The Bertz CT molecular complexity index is 333. The molecule has 0 saturated carbocycles. The molecule has 1 rings (SSSR count). The second-order valence-electron chi connectivity index (χ2n) is 3.93. The van der Waals surface area contributed by atoms with E-state index in [1.54, 1.807) is 32.1 Å². The van der Waals surface area contributed by atoms with Gasteiger partial charge < -0.3 is 14.6 Å².